The SMILES string of the molecule is CC(Nc1ccc(N2CCCCC2)cc1)c1cccnc1. The van der Waals surface area contributed by atoms with E-state index in [1.807, 2.05) is 18.5 Å². The molecule has 2 aromatic rings. The van der Waals surface area contributed by atoms with Crippen molar-refractivity contribution in [3.63, 3.8) is 0 Å². The molecule has 1 unspecified atom stereocenters. The van der Waals surface area contributed by atoms with Crippen molar-refractivity contribution in [2.24, 2.45) is 0 Å². The van der Waals surface area contributed by atoms with Gasteiger partial charge in [0.15, 0.2) is 0 Å². The van der Waals surface area contributed by atoms with Crippen LogP contribution in [-0.4, -0.2) is 18.1 Å². The van der Waals surface area contributed by atoms with E-state index in [1.54, 1.807) is 0 Å². The van der Waals surface area contributed by atoms with Gasteiger partial charge in [-0.3, -0.25) is 4.98 Å². The molecule has 1 atom stereocenters. The fraction of sp³-hybridized carbons (Fsp3) is 0.389. The zero-order valence-electron chi connectivity index (χ0n) is 12.6. The first kappa shape index (κ1) is 13.9. The molecule has 0 amide bonds. The highest BCUT2D eigenvalue weighted by Crippen LogP contribution is 2.24. The van der Waals surface area contributed by atoms with E-state index in [2.05, 4.69) is 52.5 Å². The third kappa shape index (κ3) is 3.54. The molecular formula is C18H23N3. The third-order valence-corrected chi connectivity index (χ3v) is 4.16. The number of hydrogen-bond acceptors (Lipinski definition) is 3. The van der Waals surface area contributed by atoms with E-state index >= 15 is 0 Å². The Kier molecular flexibility index (Phi) is 4.39. The Labute approximate surface area is 127 Å². The highest BCUT2D eigenvalue weighted by molar-refractivity contribution is 5.56. The molecule has 0 radical (unpaired) electrons. The number of hydrogen-bond donors (Lipinski definition) is 1. The second-order valence-electron chi connectivity index (χ2n) is 5.75. The maximum Gasteiger partial charge on any atom is 0.0500 e. The molecule has 2 heterocycles. The predicted molar refractivity (Wildman–Crippen MR) is 88.8 cm³/mol. The van der Waals surface area contributed by atoms with Crippen LogP contribution in [0.15, 0.2) is 48.8 Å². The average molecular weight is 281 g/mol. The maximum absolute atomic E-state index is 4.18. The van der Waals surface area contributed by atoms with Gasteiger partial charge < -0.3 is 10.2 Å². The number of piperidine rings is 1. The van der Waals surface area contributed by atoms with Crippen LogP contribution in [0.4, 0.5) is 11.4 Å². The van der Waals surface area contributed by atoms with E-state index in [0.29, 0.717) is 0 Å². The molecule has 110 valence electrons. The molecule has 1 fully saturated rings. The molecule has 3 rings (SSSR count). The average Bonchev–Trinajstić information content (AvgIpc) is 2.57. The minimum Gasteiger partial charge on any atom is -0.378 e. The van der Waals surface area contributed by atoms with Crippen LogP contribution in [0, 0.1) is 0 Å². The zero-order valence-corrected chi connectivity index (χ0v) is 12.6. The van der Waals surface area contributed by atoms with Gasteiger partial charge in [-0.2, -0.15) is 0 Å². The van der Waals surface area contributed by atoms with E-state index in [0.717, 1.165) is 5.69 Å². The minimum atomic E-state index is 0.263. The second-order valence-corrected chi connectivity index (χ2v) is 5.75. The number of aromatic nitrogens is 1. The standard InChI is InChI=1S/C18H23N3/c1-15(16-6-5-11-19-14-16)20-17-7-9-18(10-8-17)21-12-3-2-4-13-21/h5-11,14-15,20H,2-4,12-13H2,1H3. The van der Waals surface area contributed by atoms with Crippen LogP contribution in [0.5, 0.6) is 0 Å². The van der Waals surface area contributed by atoms with Crippen molar-refractivity contribution in [3.05, 3.63) is 54.4 Å². The Bertz CT molecular complexity index is 544. The van der Waals surface area contributed by atoms with E-state index in [4.69, 9.17) is 0 Å². The van der Waals surface area contributed by atoms with Gasteiger partial charge in [-0.25, -0.2) is 0 Å². The molecular weight excluding hydrogens is 258 g/mol. The molecule has 1 aliphatic heterocycles. The van der Waals surface area contributed by atoms with Crippen molar-refractivity contribution in [1.82, 2.24) is 4.98 Å². The van der Waals surface area contributed by atoms with E-state index in [-0.39, 0.29) is 6.04 Å². The normalized spacial score (nSPS) is 16.5. The molecule has 0 saturated carbocycles. The van der Waals surface area contributed by atoms with Crippen LogP contribution >= 0.6 is 0 Å². The van der Waals surface area contributed by atoms with Crippen LogP contribution in [0.25, 0.3) is 0 Å². The van der Waals surface area contributed by atoms with Crippen LogP contribution in [0.3, 0.4) is 0 Å². The van der Waals surface area contributed by atoms with Gasteiger partial charge in [0, 0.05) is 36.9 Å². The Hall–Kier alpha value is -2.03. The van der Waals surface area contributed by atoms with E-state index < -0.39 is 0 Å². The molecule has 1 saturated heterocycles. The van der Waals surface area contributed by atoms with E-state index in [1.165, 1.54) is 43.6 Å². The summed E-state index contributed by atoms with van der Waals surface area (Å²) in [6.45, 7) is 4.55. The molecule has 1 aliphatic rings. The maximum atomic E-state index is 4.18. The molecule has 3 heteroatoms. The zero-order chi connectivity index (χ0) is 14.5. The van der Waals surface area contributed by atoms with E-state index in [9.17, 15) is 0 Å². The monoisotopic (exact) mass is 281 g/mol. The summed E-state index contributed by atoms with van der Waals surface area (Å²) in [4.78, 5) is 6.66. The summed E-state index contributed by atoms with van der Waals surface area (Å²) < 4.78 is 0. The Morgan fingerprint density at radius 2 is 1.81 bits per heavy atom. The van der Waals surface area contributed by atoms with Gasteiger partial charge in [0.1, 0.15) is 0 Å². The molecule has 0 spiro atoms. The van der Waals surface area contributed by atoms with Crippen molar-refractivity contribution in [2.75, 3.05) is 23.3 Å². The summed E-state index contributed by atoms with van der Waals surface area (Å²) in [7, 11) is 0. The molecule has 1 aromatic heterocycles. The highest BCUT2D eigenvalue weighted by atomic mass is 15.1. The number of benzene rings is 1. The van der Waals surface area contributed by atoms with Crippen molar-refractivity contribution in [3.8, 4) is 0 Å². The summed E-state index contributed by atoms with van der Waals surface area (Å²) in [6.07, 6.45) is 7.73. The fourth-order valence-electron chi connectivity index (χ4n) is 2.89. The van der Waals surface area contributed by atoms with Crippen LogP contribution in [0.1, 0.15) is 37.8 Å². The summed E-state index contributed by atoms with van der Waals surface area (Å²) in [5.41, 5.74) is 3.71. The number of pyridine rings is 1. The Morgan fingerprint density at radius 3 is 2.48 bits per heavy atom. The van der Waals surface area contributed by atoms with Crippen molar-refractivity contribution >= 4 is 11.4 Å². The lowest BCUT2D eigenvalue weighted by Gasteiger charge is -2.29. The van der Waals surface area contributed by atoms with Gasteiger partial charge in [-0.15, -0.1) is 0 Å². The molecule has 1 aromatic carbocycles. The van der Waals surface area contributed by atoms with Crippen LogP contribution in [-0.2, 0) is 0 Å². The molecule has 0 bridgehead atoms. The highest BCUT2D eigenvalue weighted by Gasteiger charge is 2.11. The number of nitrogens with one attached hydrogen (secondary N) is 1. The third-order valence-electron chi connectivity index (χ3n) is 4.16. The Balaban J connectivity index is 1.64. The van der Waals surface area contributed by atoms with Crippen LogP contribution in [0.2, 0.25) is 0 Å². The van der Waals surface area contributed by atoms with Crippen molar-refractivity contribution < 1.29 is 0 Å². The summed E-state index contributed by atoms with van der Waals surface area (Å²) in [6, 6.07) is 13.2. The van der Waals surface area contributed by atoms with Gasteiger partial charge in [0.25, 0.3) is 0 Å². The number of rotatable bonds is 4. The largest absolute Gasteiger partial charge is 0.378 e. The summed E-state index contributed by atoms with van der Waals surface area (Å²) in [5.74, 6) is 0. The predicted octanol–water partition coefficient (Wildman–Crippen LogP) is 4.25. The summed E-state index contributed by atoms with van der Waals surface area (Å²) in [5, 5.41) is 3.53. The lowest BCUT2D eigenvalue weighted by Crippen LogP contribution is -2.29. The first-order valence-corrected chi connectivity index (χ1v) is 7.84. The Morgan fingerprint density at radius 1 is 1.05 bits per heavy atom. The lowest BCUT2D eigenvalue weighted by molar-refractivity contribution is 0.578. The topological polar surface area (TPSA) is 28.2 Å². The van der Waals surface area contributed by atoms with Gasteiger partial charge >= 0.3 is 0 Å². The quantitative estimate of drug-likeness (QED) is 0.908. The smallest absolute Gasteiger partial charge is 0.0500 e. The van der Waals surface area contributed by atoms with Gasteiger partial charge in [0.2, 0.25) is 0 Å². The number of nitrogens with zero attached hydrogens (tertiary/aromatic N) is 2. The molecule has 21 heavy (non-hydrogen) atoms. The lowest BCUT2D eigenvalue weighted by atomic mass is 10.1. The van der Waals surface area contributed by atoms with Gasteiger partial charge in [-0.05, 0) is 62.1 Å². The fourth-order valence-corrected chi connectivity index (χ4v) is 2.89. The van der Waals surface area contributed by atoms with Crippen molar-refractivity contribution in [2.45, 2.75) is 32.2 Å². The molecule has 1 N–H and O–H groups in total. The van der Waals surface area contributed by atoms with Crippen molar-refractivity contribution in [1.29, 1.82) is 0 Å². The second kappa shape index (κ2) is 6.61. The number of anilines is 2. The molecule has 0 aliphatic carbocycles. The summed E-state index contributed by atoms with van der Waals surface area (Å²) >= 11 is 0. The van der Waals surface area contributed by atoms with Gasteiger partial charge in [-0.1, -0.05) is 6.07 Å². The molecule has 3 nitrogen and oxygen atoms in total. The minimum absolute atomic E-state index is 0.263. The van der Waals surface area contributed by atoms with Crippen LogP contribution < -0.4 is 10.2 Å². The first-order chi connectivity index (χ1) is 10.3. The first-order valence-electron chi connectivity index (χ1n) is 7.84. The van der Waals surface area contributed by atoms with Gasteiger partial charge in [0.05, 0.1) is 6.04 Å².